The van der Waals surface area contributed by atoms with Crippen molar-refractivity contribution in [1.29, 1.82) is 0 Å². The van der Waals surface area contributed by atoms with Gasteiger partial charge in [0.2, 0.25) is 0 Å². The third-order valence-electron chi connectivity index (χ3n) is 25.7. The molecule has 0 unspecified atom stereocenters. The van der Waals surface area contributed by atoms with Crippen molar-refractivity contribution >= 4 is 107 Å². The Morgan fingerprint density at radius 1 is 0.290 bits per heavy atom. The van der Waals surface area contributed by atoms with Gasteiger partial charge in [-0.05, 0) is 127 Å². The van der Waals surface area contributed by atoms with Crippen LogP contribution < -0.4 is 57.1 Å². The summed E-state index contributed by atoms with van der Waals surface area (Å²) in [6.45, 7) is 21.4. The molecular weight excluding hydrogens is 2320 g/mol. The van der Waals surface area contributed by atoms with Gasteiger partial charge in [0.1, 0.15) is 24.2 Å². The number of pyridine rings is 6. The summed E-state index contributed by atoms with van der Waals surface area (Å²) in [7, 11) is -12.5. The molecule has 3 aliphatic rings. The summed E-state index contributed by atoms with van der Waals surface area (Å²) in [5, 5.41) is 15.6. The average Bonchev–Trinajstić information content (AvgIpc) is 1.53. The summed E-state index contributed by atoms with van der Waals surface area (Å²) in [6.07, 6.45) is 10.8. The van der Waals surface area contributed by atoms with Crippen molar-refractivity contribution in [1.82, 2.24) is 29.9 Å². The number of aromatic nitrogens is 6. The predicted molar refractivity (Wildman–Crippen MR) is 575 cm³/mol. The van der Waals surface area contributed by atoms with Gasteiger partial charge in [0.15, 0.2) is 9.84 Å². The van der Waals surface area contributed by atoms with Crippen molar-refractivity contribution in [2.45, 2.75) is 96.3 Å². The average molecular weight is 2430 g/mol. The van der Waals surface area contributed by atoms with E-state index >= 15 is 0 Å². The molecular formula is C121H106Ir3N6O2SSi5-6. The van der Waals surface area contributed by atoms with Gasteiger partial charge in [-0.1, -0.05) is 362 Å². The first-order chi connectivity index (χ1) is 67.7. The molecule has 0 fully saturated rings. The SMILES string of the molecule is C[Si](C)(C)c1ccc(-c2[c-]cc3c(c2)-c2ccccc2[Si]3(c2ccccc2)c2ccccc2)nc1.C[Si](C)(c1ccccc1)c1ccc(-c2[c-]cc3c(c2)-c2ccccc2[Si]3(C)C)nc1.Cc1cc(-c2[c-]cc3c(c2)-c2ccccc2S3(=O)=O)ncc1[Si](C)(C)c1ccccc1.Cc1ccc(-c2[c-]cccc2)nc1.[2H]C([2H])([2H])c1ccc(-c2[c-]cccc2)nc1.[2H]C([2H])([2H])c1ccc(-c2[c-]cccc2)nc1.[Ir].[Ir].[Ir]. The van der Waals surface area contributed by atoms with Crippen LogP contribution in [-0.4, -0.2) is 78.7 Å². The van der Waals surface area contributed by atoms with E-state index in [1.54, 1.807) is 54.6 Å². The fourth-order valence-corrected chi connectivity index (χ4v) is 33.9. The number of fused-ring (bicyclic) bond motifs is 9. The topological polar surface area (TPSA) is 111 Å². The Morgan fingerprint density at radius 2 is 0.667 bits per heavy atom. The van der Waals surface area contributed by atoms with Gasteiger partial charge in [0.05, 0.1) is 21.0 Å². The number of sulfone groups is 1. The number of aryl methyl sites for hydroxylation is 4. The maximum atomic E-state index is 12.8. The molecule has 6 aromatic heterocycles. The minimum atomic E-state index is -3.47. The molecule has 0 saturated carbocycles. The number of hydrogen-bond acceptors (Lipinski definition) is 8. The van der Waals surface area contributed by atoms with Crippen molar-refractivity contribution in [2.24, 2.45) is 0 Å². The van der Waals surface area contributed by atoms with Crippen LogP contribution in [0, 0.1) is 63.9 Å². The third kappa shape index (κ3) is 21.8. The Hall–Kier alpha value is -12.3. The predicted octanol–water partition coefficient (Wildman–Crippen LogP) is 21.7. The largest absolute Gasteiger partial charge is 0.305 e. The van der Waals surface area contributed by atoms with E-state index in [0.29, 0.717) is 9.79 Å². The molecule has 0 N–H and O–H groups in total. The van der Waals surface area contributed by atoms with Gasteiger partial charge >= 0.3 is 0 Å². The number of hydrogen-bond donors (Lipinski definition) is 0. The molecule has 17 heteroatoms. The van der Waals surface area contributed by atoms with E-state index in [4.69, 9.17) is 23.2 Å². The summed E-state index contributed by atoms with van der Waals surface area (Å²) < 4.78 is 69.1. The monoisotopic (exact) mass is 2430 g/mol. The van der Waals surface area contributed by atoms with Gasteiger partial charge in [-0.3, -0.25) is 0 Å². The normalized spacial score (nSPS) is 13.4. The Bertz CT molecular complexity index is 7620. The van der Waals surface area contributed by atoms with Crippen LogP contribution >= 0.6 is 0 Å². The molecule has 0 bridgehead atoms. The standard InChI is InChI=1S/C32H28NSi2.C27H26NSi2.C26H22NO2SSi.3C12H10N.3Ir/c1-34(2,3)27-19-20-30(33-23-27)24-18-21-32-29(22-24)28-16-10-11-17-31(28)35(32,25-12-6-4-7-13-25)26-14-8-5-9-15-26;1-29(2,21-10-6-5-7-11-21)22-15-16-25(28-19-22)20-14-17-27-24(18-20)23-12-8-9-13-26(23)30(27,3)4;1-18-15-23(27-17-26(18)31(2,3)20-9-5-4-6-10-20)19-13-14-25-22(16-19)21-11-7-8-12-24(21)30(25,28)29;3*1-10-7-8-12(13-9-10)11-5-3-2-4-6-11;;;/h4-17,19-23H,1-3H3;5-13,15-19H,1-4H3;4-12,14-17H,1-3H3;3*2-5,7-9H,1H3;;;/q6*-1;;;/i;;;2*1D3;;;;. The van der Waals surface area contributed by atoms with E-state index < -0.39 is 63.9 Å². The second kappa shape index (κ2) is 44.3. The molecule has 13 aromatic carbocycles. The van der Waals surface area contributed by atoms with Gasteiger partial charge < -0.3 is 29.9 Å². The van der Waals surface area contributed by atoms with E-state index in [1.165, 1.54) is 103 Å². The van der Waals surface area contributed by atoms with E-state index in [-0.39, 0.29) is 71.4 Å². The second-order valence-electron chi connectivity index (χ2n) is 36.6. The van der Waals surface area contributed by atoms with Crippen molar-refractivity contribution < 1.29 is 77.0 Å². The summed E-state index contributed by atoms with van der Waals surface area (Å²) in [5.41, 5.74) is 20.8. The first-order valence-electron chi connectivity index (χ1n) is 48.3. The van der Waals surface area contributed by atoms with Crippen molar-refractivity contribution in [2.75, 3.05) is 0 Å². The fraction of sp³-hybridized carbons (Fsp3) is 0.107. The van der Waals surface area contributed by atoms with Crippen LogP contribution in [0.15, 0.2) is 417 Å². The minimum Gasteiger partial charge on any atom is -0.305 e. The molecule has 0 saturated heterocycles. The van der Waals surface area contributed by atoms with Crippen LogP contribution in [0.25, 0.3) is 101 Å². The van der Waals surface area contributed by atoms with E-state index in [0.717, 1.165) is 78.7 Å². The van der Waals surface area contributed by atoms with Gasteiger partial charge in [-0.15, -0.1) is 189 Å². The number of nitrogens with zero attached hydrogens (tertiary/aromatic N) is 6. The molecule has 0 spiro atoms. The van der Waals surface area contributed by atoms with E-state index in [1.807, 2.05) is 110 Å². The summed E-state index contributed by atoms with van der Waals surface area (Å²) in [6, 6.07) is 145. The molecule has 3 radical (unpaired) electrons. The van der Waals surface area contributed by atoms with Crippen LogP contribution in [0.3, 0.4) is 0 Å². The zero-order chi connectivity index (χ0) is 99.1. The van der Waals surface area contributed by atoms with Gasteiger partial charge in [0.25, 0.3) is 0 Å². The molecule has 0 amide bonds. The second-order valence-corrected chi connectivity index (χ2v) is 60.4. The molecule has 0 atom stereocenters. The molecule has 22 rings (SSSR count). The van der Waals surface area contributed by atoms with E-state index in [9.17, 15) is 8.42 Å². The van der Waals surface area contributed by atoms with Gasteiger partial charge in [0, 0.05) is 106 Å². The quantitative estimate of drug-likeness (QED) is 0.0829. The summed E-state index contributed by atoms with van der Waals surface area (Å²) in [5.74, 6) is 0. The van der Waals surface area contributed by atoms with Crippen LogP contribution in [0.5, 0.6) is 0 Å². The molecule has 138 heavy (non-hydrogen) atoms. The van der Waals surface area contributed by atoms with E-state index in [2.05, 4.69) is 354 Å². The molecule has 691 valence electrons. The van der Waals surface area contributed by atoms with Gasteiger partial charge in [-0.25, -0.2) is 8.42 Å². The fourth-order valence-electron chi connectivity index (χ4n) is 18.1. The van der Waals surface area contributed by atoms with Crippen LogP contribution in [0.4, 0.5) is 0 Å². The zero-order valence-electron chi connectivity index (χ0n) is 84.6. The number of rotatable bonds is 13. The van der Waals surface area contributed by atoms with Crippen LogP contribution in [-0.2, 0) is 70.2 Å². The maximum absolute atomic E-state index is 12.8. The Morgan fingerprint density at radius 3 is 1.12 bits per heavy atom. The molecule has 8 nitrogen and oxygen atoms in total. The Labute approximate surface area is 869 Å². The maximum Gasteiger partial charge on any atom is 0.173 e. The molecule has 19 aromatic rings. The Balaban J connectivity index is 0.000000141. The first kappa shape index (κ1) is 93.4. The zero-order valence-corrected chi connectivity index (χ0v) is 91.6. The third-order valence-corrected chi connectivity index (χ3v) is 45.1. The smallest absolute Gasteiger partial charge is 0.173 e. The molecule has 9 heterocycles. The summed E-state index contributed by atoms with van der Waals surface area (Å²) >= 11 is 0. The van der Waals surface area contributed by atoms with Crippen LogP contribution in [0.1, 0.15) is 30.5 Å². The van der Waals surface area contributed by atoms with Crippen molar-refractivity contribution in [3.8, 4) is 101 Å². The minimum absolute atomic E-state index is 0. The molecule has 0 aliphatic carbocycles. The summed E-state index contributed by atoms with van der Waals surface area (Å²) in [4.78, 5) is 27.8. The van der Waals surface area contributed by atoms with Crippen LogP contribution in [0.2, 0.25) is 58.9 Å². The van der Waals surface area contributed by atoms with Crippen molar-refractivity contribution in [3.63, 3.8) is 0 Å². The Kier molecular flexibility index (Phi) is 30.0. The number of benzene rings is 13. The molecule has 3 aliphatic heterocycles. The first-order valence-corrected chi connectivity index (χ1v) is 61.3. The van der Waals surface area contributed by atoms with Gasteiger partial charge in [-0.2, -0.15) is 0 Å². The van der Waals surface area contributed by atoms with Crippen molar-refractivity contribution in [3.05, 3.63) is 466 Å².